The highest BCUT2D eigenvalue weighted by molar-refractivity contribution is 5.72. The molecule has 2 unspecified atom stereocenters. The second kappa shape index (κ2) is 46.8. The Bertz CT molecular complexity index is 4840. The van der Waals surface area contributed by atoms with Crippen molar-refractivity contribution in [1.82, 2.24) is 0 Å². The van der Waals surface area contributed by atoms with Crippen molar-refractivity contribution in [2.75, 3.05) is 0 Å². The van der Waals surface area contributed by atoms with Crippen molar-refractivity contribution >= 4 is 0 Å². The summed E-state index contributed by atoms with van der Waals surface area (Å²) in [6, 6.07) is 70.3. The van der Waals surface area contributed by atoms with E-state index in [1.165, 1.54) is 64.2 Å². The quantitative estimate of drug-likeness (QED) is 0.0211. The van der Waals surface area contributed by atoms with Crippen LogP contribution in [-0.2, 0) is 63.6 Å². The van der Waals surface area contributed by atoms with Gasteiger partial charge in [-0.2, -0.15) is 0 Å². The van der Waals surface area contributed by atoms with Crippen LogP contribution < -0.4 is 0 Å². The molecule has 0 radical (unpaired) electrons. The highest BCUT2D eigenvalue weighted by Crippen LogP contribution is 2.67. The Hall–Kier alpha value is -9.00. The zero-order valence-electron chi connectivity index (χ0n) is 85.6. The number of aryl methyl sites for hydroxylation is 4. The third-order valence-corrected chi connectivity index (χ3v) is 29.6. The van der Waals surface area contributed by atoms with E-state index in [-0.39, 0.29) is 46.3 Å². The highest BCUT2D eigenvalue weighted by atomic mass is 16.3. The summed E-state index contributed by atoms with van der Waals surface area (Å²) in [5.74, 6) is -2.50. The van der Waals surface area contributed by atoms with Crippen LogP contribution in [0.4, 0.5) is 0 Å². The molecule has 0 aliphatic rings. The summed E-state index contributed by atoms with van der Waals surface area (Å²) in [6.45, 7) is 49.0. The molecule has 10 rings (SSSR count). The fraction of sp³-hybridized carbons (Fsp3) is 0.520. The van der Waals surface area contributed by atoms with Gasteiger partial charge in [0.1, 0.15) is 34.5 Å². The van der Waals surface area contributed by atoms with Gasteiger partial charge in [0.2, 0.25) is 0 Å². The minimum absolute atomic E-state index is 0.0818. The first-order valence-electron chi connectivity index (χ1n) is 51.7. The Balaban J connectivity index is 1.65. The van der Waals surface area contributed by atoms with Crippen LogP contribution in [0, 0.1) is 0 Å². The molecule has 6 N–H and O–H groups in total. The van der Waals surface area contributed by atoms with E-state index < -0.39 is 49.7 Å². The summed E-state index contributed by atoms with van der Waals surface area (Å²) in [7, 11) is 0. The number of benzene rings is 10. The molecule has 0 aromatic heterocycles. The van der Waals surface area contributed by atoms with E-state index >= 15 is 20.4 Å². The average molecular weight is 1770 g/mol. The largest absolute Gasteiger partial charge is 0.507 e. The number of hydrogen-bond acceptors (Lipinski definition) is 6. The normalized spacial score (nSPS) is 13.3. The Morgan fingerprint density at radius 3 is 0.672 bits per heavy atom. The fourth-order valence-electron chi connectivity index (χ4n) is 21.4. The van der Waals surface area contributed by atoms with Gasteiger partial charge >= 0.3 is 0 Å². The molecule has 0 saturated heterocycles. The maximum absolute atomic E-state index is 15.8. The van der Waals surface area contributed by atoms with Crippen LogP contribution in [-0.4, -0.2) is 30.6 Å². The third kappa shape index (κ3) is 25.5. The molecule has 0 saturated carbocycles. The van der Waals surface area contributed by atoms with E-state index in [2.05, 4.69) is 346 Å². The molecule has 10 aromatic rings. The summed E-state index contributed by atoms with van der Waals surface area (Å²) in [6.07, 6.45) is 33.7. The van der Waals surface area contributed by atoms with E-state index in [4.69, 9.17) is 0 Å². The predicted molar refractivity (Wildman–Crippen MR) is 560 cm³/mol. The van der Waals surface area contributed by atoms with E-state index in [1.807, 2.05) is 0 Å². The van der Waals surface area contributed by atoms with Crippen LogP contribution in [0.3, 0.4) is 0 Å². The number of phenols is 6. The second-order valence-corrected chi connectivity index (χ2v) is 44.7. The van der Waals surface area contributed by atoms with Gasteiger partial charge in [-0.25, -0.2) is 0 Å². The van der Waals surface area contributed by atoms with Gasteiger partial charge in [0, 0.05) is 84.4 Å². The lowest BCUT2D eigenvalue weighted by Crippen LogP contribution is -2.44. The molecule has 0 bridgehead atoms. The average Bonchev–Trinajstić information content (AvgIpc) is 0.683. The first-order valence-corrected chi connectivity index (χ1v) is 51.7. The zero-order chi connectivity index (χ0) is 95.2. The maximum atomic E-state index is 15.8. The predicted octanol–water partition coefficient (Wildman–Crippen LogP) is 35.2. The van der Waals surface area contributed by atoms with Gasteiger partial charge in [-0.05, 0) is 151 Å². The van der Waals surface area contributed by atoms with Crippen molar-refractivity contribution in [1.29, 1.82) is 0 Å². The molecule has 2 atom stereocenters. The van der Waals surface area contributed by atoms with Gasteiger partial charge in [0.25, 0.3) is 0 Å². The molecule has 6 heteroatoms. The zero-order valence-corrected chi connectivity index (χ0v) is 85.6. The van der Waals surface area contributed by atoms with Crippen LogP contribution in [0.5, 0.6) is 34.5 Å². The molecule has 10 aromatic carbocycles. The number of aromatic hydroxyl groups is 6. The summed E-state index contributed by atoms with van der Waals surface area (Å²) in [5.41, 5.74) is 11.3. The topological polar surface area (TPSA) is 121 Å². The van der Waals surface area contributed by atoms with Gasteiger partial charge in [-0.1, -0.05) is 501 Å². The highest BCUT2D eigenvalue weighted by Gasteiger charge is 2.57. The van der Waals surface area contributed by atoms with Gasteiger partial charge < -0.3 is 30.6 Å². The Kier molecular flexibility index (Phi) is 37.2. The van der Waals surface area contributed by atoms with Crippen molar-refractivity contribution in [3.63, 3.8) is 0 Å². The SMILES string of the molecule is CCCCCCCCCc1cc(C(C)c2ccccc2)c(O)c(C(c2cc(CCCCCCCCC)cc(C(C)c3ccccc3)c2O)C(c2cc(C(C)(C)C)c(O)c(C(C)(C)C)c2)(c2cc(C(C)(C)C)c(O)c(C(C)(C)C)c2)C(c2cc(CCCCCCCCC)cc(C(C)(C)c3ccccc3)c2O)c2cc(CCCCCCCCC)cc(C(C)(C)c3ccccc3)c2O)c1. The summed E-state index contributed by atoms with van der Waals surface area (Å²) in [5, 5.41) is 90.9. The molecule has 0 aliphatic heterocycles. The monoisotopic (exact) mass is 1770 g/mol. The Labute approximate surface area is 795 Å². The van der Waals surface area contributed by atoms with E-state index in [1.54, 1.807) is 0 Å². The minimum Gasteiger partial charge on any atom is -0.507 e. The first-order chi connectivity index (χ1) is 62.3. The fourth-order valence-corrected chi connectivity index (χ4v) is 21.4. The lowest BCUT2D eigenvalue weighted by atomic mass is 9.50. The van der Waals surface area contributed by atoms with Gasteiger partial charge in [0.05, 0.1) is 0 Å². The van der Waals surface area contributed by atoms with Crippen molar-refractivity contribution in [2.45, 2.75) is 419 Å². The number of unbranched alkanes of at least 4 members (excludes halogenated alkanes) is 24. The number of hydrogen-bond donors (Lipinski definition) is 6. The van der Waals surface area contributed by atoms with Crippen LogP contribution in [0.1, 0.15) is 478 Å². The number of rotatable bonds is 48. The lowest BCUT2D eigenvalue weighted by molar-refractivity contribution is 0.345. The molecule has 708 valence electrons. The molecule has 6 nitrogen and oxygen atoms in total. The van der Waals surface area contributed by atoms with Crippen LogP contribution in [0.25, 0.3) is 0 Å². The molecule has 131 heavy (non-hydrogen) atoms. The standard InChI is InChI=1S/C125H172O6/c1-23-27-31-35-39-43-51-63-89-75-99(87(5)93-67-55-47-56-68-93)113(126)101(77-89)111(102-78-90(64-52-44-40-36-32-28-24-2)76-100(114(102)127)88(6)94-69-57-48-58-70-94)125(97-83-105(119(7,8)9)117(130)106(84-97)120(10,11)12,98-85-107(121(13,14)15)118(131)108(86-98)122(16,17)18)112(103-79-91(65-53-45-41-37-33-29-25-3)81-109(115(103)128)123(19,20)95-71-59-49-60-72-95)104-80-92(66-54-46-42-38-34-30-26-4)82-110(116(104)129)124(21,22)96-73-61-50-62-74-96/h47-50,55-62,67-88,111-112,126-131H,23-46,51-54,63-66H2,1-22H3. The smallest absolute Gasteiger partial charge is 0.123 e. The summed E-state index contributed by atoms with van der Waals surface area (Å²) < 4.78 is 0. The summed E-state index contributed by atoms with van der Waals surface area (Å²) in [4.78, 5) is 0. The molecule has 0 amide bonds. The van der Waals surface area contributed by atoms with Gasteiger partial charge in [-0.15, -0.1) is 0 Å². The van der Waals surface area contributed by atoms with Crippen LogP contribution in [0.15, 0.2) is 194 Å². The van der Waals surface area contributed by atoms with Crippen molar-refractivity contribution < 1.29 is 30.6 Å². The molecule has 0 aliphatic carbocycles. The van der Waals surface area contributed by atoms with Crippen LogP contribution in [0.2, 0.25) is 0 Å². The van der Waals surface area contributed by atoms with E-state index in [0.717, 1.165) is 193 Å². The van der Waals surface area contributed by atoms with E-state index in [0.29, 0.717) is 70.2 Å². The lowest BCUT2D eigenvalue weighted by Gasteiger charge is -2.51. The Morgan fingerprint density at radius 2 is 0.427 bits per heavy atom. The second-order valence-electron chi connectivity index (χ2n) is 44.7. The molecule has 0 heterocycles. The molecular formula is C125H172O6. The van der Waals surface area contributed by atoms with Crippen molar-refractivity contribution in [3.8, 4) is 34.5 Å². The van der Waals surface area contributed by atoms with Gasteiger partial charge in [0.15, 0.2) is 0 Å². The first kappa shape index (κ1) is 104. The summed E-state index contributed by atoms with van der Waals surface area (Å²) >= 11 is 0. The van der Waals surface area contributed by atoms with Crippen molar-refractivity contribution in [3.05, 3.63) is 317 Å². The molecule has 0 spiro atoms. The van der Waals surface area contributed by atoms with Gasteiger partial charge in [-0.3, -0.25) is 0 Å². The maximum Gasteiger partial charge on any atom is 0.123 e. The van der Waals surface area contributed by atoms with Crippen molar-refractivity contribution in [2.24, 2.45) is 0 Å². The molecular weight excluding hydrogens is 1600 g/mol. The third-order valence-electron chi connectivity index (χ3n) is 29.6. The minimum atomic E-state index is -1.89. The molecule has 0 fully saturated rings. The van der Waals surface area contributed by atoms with E-state index in [9.17, 15) is 10.2 Å². The Morgan fingerprint density at radius 1 is 0.214 bits per heavy atom. The van der Waals surface area contributed by atoms with Crippen LogP contribution >= 0.6 is 0 Å². The number of phenolic OH excluding ortho intramolecular Hbond substituents is 6.